The molecule has 3 rings (SSSR count). The van der Waals surface area contributed by atoms with Crippen LogP contribution in [0.3, 0.4) is 0 Å². The van der Waals surface area contributed by atoms with E-state index in [1.54, 1.807) is 0 Å². The maximum atomic E-state index is 12.5. The average molecular weight is 246 g/mol. The van der Waals surface area contributed by atoms with Gasteiger partial charge < -0.3 is 4.90 Å². The molecule has 3 heteroatoms. The summed E-state index contributed by atoms with van der Waals surface area (Å²) in [6.07, 6.45) is 10.4. The Morgan fingerprint density at radius 3 is 2.83 bits per heavy atom. The Labute approximate surface area is 109 Å². The van der Waals surface area contributed by atoms with Crippen molar-refractivity contribution in [2.24, 2.45) is 5.92 Å². The molecule has 0 bridgehead atoms. The number of fused-ring (bicyclic) bond motifs is 1. The van der Waals surface area contributed by atoms with Crippen LogP contribution in [0.5, 0.6) is 0 Å². The fraction of sp³-hybridized carbons (Fsp3) is 0.667. The first-order valence-electron chi connectivity index (χ1n) is 7.23. The molecule has 0 aromatic rings. The number of hydrogen-bond acceptors (Lipinski definition) is 1. The maximum Gasteiger partial charge on any atom is 0.324 e. The molecule has 0 saturated carbocycles. The van der Waals surface area contributed by atoms with Crippen molar-refractivity contribution >= 4 is 6.03 Å². The van der Waals surface area contributed by atoms with Gasteiger partial charge >= 0.3 is 6.03 Å². The summed E-state index contributed by atoms with van der Waals surface area (Å²) in [6.45, 7) is 5.01. The molecular weight excluding hydrogens is 224 g/mol. The molecule has 2 heterocycles. The predicted octanol–water partition coefficient (Wildman–Crippen LogP) is 3.15. The van der Waals surface area contributed by atoms with Gasteiger partial charge in [-0.15, -0.1) is 0 Å². The zero-order valence-corrected chi connectivity index (χ0v) is 11.2. The first-order valence-corrected chi connectivity index (χ1v) is 7.23. The highest BCUT2D eigenvalue weighted by Gasteiger charge is 2.32. The topological polar surface area (TPSA) is 23.6 Å². The van der Waals surface area contributed by atoms with Crippen molar-refractivity contribution in [3.05, 3.63) is 23.4 Å². The van der Waals surface area contributed by atoms with E-state index in [9.17, 15) is 4.79 Å². The minimum atomic E-state index is 0.233. The van der Waals surface area contributed by atoms with Crippen molar-refractivity contribution in [2.75, 3.05) is 19.6 Å². The fourth-order valence-electron chi connectivity index (χ4n) is 3.21. The highest BCUT2D eigenvalue weighted by molar-refractivity contribution is 5.78. The quantitative estimate of drug-likeness (QED) is 0.644. The van der Waals surface area contributed by atoms with E-state index in [2.05, 4.69) is 19.1 Å². The van der Waals surface area contributed by atoms with Gasteiger partial charge in [0, 0.05) is 25.3 Å². The molecule has 0 spiro atoms. The summed E-state index contributed by atoms with van der Waals surface area (Å²) >= 11 is 0. The largest absolute Gasteiger partial charge is 0.324 e. The van der Waals surface area contributed by atoms with Gasteiger partial charge in [0.05, 0.1) is 0 Å². The molecule has 0 N–H and O–H groups in total. The lowest BCUT2D eigenvalue weighted by atomic mass is 10.1. The highest BCUT2D eigenvalue weighted by atomic mass is 16.2. The molecule has 1 atom stereocenters. The smallest absolute Gasteiger partial charge is 0.324 e. The van der Waals surface area contributed by atoms with E-state index in [4.69, 9.17) is 0 Å². The zero-order chi connectivity index (χ0) is 12.5. The number of nitrogens with zero attached hydrogens (tertiary/aromatic N) is 2. The van der Waals surface area contributed by atoms with Crippen LogP contribution in [0.2, 0.25) is 0 Å². The van der Waals surface area contributed by atoms with Gasteiger partial charge in [-0.25, -0.2) is 4.79 Å². The van der Waals surface area contributed by atoms with E-state index < -0.39 is 0 Å². The van der Waals surface area contributed by atoms with Crippen LogP contribution in [0.25, 0.3) is 0 Å². The minimum Gasteiger partial charge on any atom is -0.324 e. The van der Waals surface area contributed by atoms with Gasteiger partial charge in [-0.05, 0) is 43.6 Å². The van der Waals surface area contributed by atoms with E-state index in [0.29, 0.717) is 5.92 Å². The fourth-order valence-corrected chi connectivity index (χ4v) is 3.21. The van der Waals surface area contributed by atoms with Crippen molar-refractivity contribution in [2.45, 2.75) is 39.0 Å². The SMILES string of the molecule is CC1C=C2C(=CCC1)CCN2C(=O)N1CCCC1. The Bertz CT molecular complexity index is 405. The third-order valence-electron chi connectivity index (χ3n) is 4.29. The summed E-state index contributed by atoms with van der Waals surface area (Å²) in [5, 5.41) is 0. The van der Waals surface area contributed by atoms with Gasteiger partial charge in [0.1, 0.15) is 0 Å². The second-order valence-corrected chi connectivity index (χ2v) is 5.71. The summed E-state index contributed by atoms with van der Waals surface area (Å²) in [5.74, 6) is 0.584. The Morgan fingerprint density at radius 1 is 1.28 bits per heavy atom. The maximum absolute atomic E-state index is 12.5. The van der Waals surface area contributed by atoms with Crippen LogP contribution in [0.15, 0.2) is 23.4 Å². The molecule has 98 valence electrons. The van der Waals surface area contributed by atoms with Crippen LogP contribution in [0.1, 0.15) is 39.0 Å². The number of carbonyl (C=O) groups is 1. The Balaban J connectivity index is 1.82. The molecule has 3 nitrogen and oxygen atoms in total. The Kier molecular flexibility index (Phi) is 3.14. The van der Waals surface area contributed by atoms with Gasteiger partial charge in [-0.3, -0.25) is 4.90 Å². The molecule has 2 fully saturated rings. The van der Waals surface area contributed by atoms with Gasteiger partial charge in [0.15, 0.2) is 0 Å². The van der Waals surface area contributed by atoms with E-state index in [1.165, 1.54) is 17.7 Å². The summed E-state index contributed by atoms with van der Waals surface area (Å²) < 4.78 is 0. The number of likely N-dealkylation sites (tertiary alicyclic amines) is 2. The number of rotatable bonds is 0. The molecule has 2 aliphatic heterocycles. The summed E-state index contributed by atoms with van der Waals surface area (Å²) in [7, 11) is 0. The monoisotopic (exact) mass is 246 g/mol. The Morgan fingerprint density at radius 2 is 2.06 bits per heavy atom. The van der Waals surface area contributed by atoms with Crippen LogP contribution in [0.4, 0.5) is 4.79 Å². The first kappa shape index (κ1) is 11.8. The molecule has 2 amide bonds. The van der Waals surface area contributed by atoms with Gasteiger partial charge in [0.25, 0.3) is 0 Å². The minimum absolute atomic E-state index is 0.233. The highest BCUT2D eigenvalue weighted by Crippen LogP contribution is 2.33. The van der Waals surface area contributed by atoms with E-state index in [0.717, 1.165) is 45.3 Å². The lowest BCUT2D eigenvalue weighted by molar-refractivity contribution is 0.181. The summed E-state index contributed by atoms with van der Waals surface area (Å²) in [4.78, 5) is 16.5. The van der Waals surface area contributed by atoms with Crippen LogP contribution >= 0.6 is 0 Å². The van der Waals surface area contributed by atoms with Gasteiger partial charge in [0.2, 0.25) is 0 Å². The number of amides is 2. The number of carbonyl (C=O) groups excluding carboxylic acids is 1. The molecule has 2 saturated heterocycles. The normalized spacial score (nSPS) is 27.7. The lowest BCUT2D eigenvalue weighted by Crippen LogP contribution is -2.39. The molecule has 0 radical (unpaired) electrons. The third kappa shape index (κ3) is 2.06. The second-order valence-electron chi connectivity index (χ2n) is 5.71. The number of hydrogen-bond donors (Lipinski definition) is 0. The molecule has 0 aromatic carbocycles. The Hall–Kier alpha value is -1.25. The standard InChI is InChI=1S/C15H22N2O/c1-12-5-4-6-13-7-10-17(14(13)11-12)15(18)16-8-2-3-9-16/h6,11-12H,2-5,7-10H2,1H3. The zero-order valence-electron chi connectivity index (χ0n) is 11.2. The lowest BCUT2D eigenvalue weighted by Gasteiger charge is -2.25. The molecule has 18 heavy (non-hydrogen) atoms. The van der Waals surface area contributed by atoms with Crippen molar-refractivity contribution in [1.82, 2.24) is 9.80 Å². The molecule has 1 aliphatic carbocycles. The van der Waals surface area contributed by atoms with Crippen LogP contribution < -0.4 is 0 Å². The second kappa shape index (κ2) is 4.79. The molecule has 3 aliphatic rings. The van der Waals surface area contributed by atoms with E-state index in [-0.39, 0.29) is 6.03 Å². The molecular formula is C15H22N2O. The number of allylic oxidation sites excluding steroid dienone is 3. The van der Waals surface area contributed by atoms with Gasteiger partial charge in [-0.2, -0.15) is 0 Å². The van der Waals surface area contributed by atoms with E-state index in [1.807, 2.05) is 9.80 Å². The van der Waals surface area contributed by atoms with Crippen LogP contribution in [-0.4, -0.2) is 35.5 Å². The van der Waals surface area contributed by atoms with Crippen molar-refractivity contribution in [1.29, 1.82) is 0 Å². The van der Waals surface area contributed by atoms with Crippen LogP contribution in [0, 0.1) is 5.92 Å². The molecule has 0 aromatic heterocycles. The predicted molar refractivity (Wildman–Crippen MR) is 72.1 cm³/mol. The molecule has 1 unspecified atom stereocenters. The van der Waals surface area contributed by atoms with Crippen molar-refractivity contribution in [3.8, 4) is 0 Å². The van der Waals surface area contributed by atoms with Crippen molar-refractivity contribution < 1.29 is 4.79 Å². The van der Waals surface area contributed by atoms with Gasteiger partial charge in [-0.1, -0.05) is 19.1 Å². The summed E-state index contributed by atoms with van der Waals surface area (Å²) in [6, 6.07) is 0.233. The van der Waals surface area contributed by atoms with E-state index >= 15 is 0 Å². The third-order valence-corrected chi connectivity index (χ3v) is 4.29. The first-order chi connectivity index (χ1) is 8.75. The van der Waals surface area contributed by atoms with Crippen LogP contribution in [-0.2, 0) is 0 Å². The summed E-state index contributed by atoms with van der Waals surface area (Å²) in [5.41, 5.74) is 2.60. The van der Waals surface area contributed by atoms with Crippen molar-refractivity contribution in [3.63, 3.8) is 0 Å². The average Bonchev–Trinajstić information content (AvgIpc) is 2.96. The number of urea groups is 1.